The Labute approximate surface area is 218 Å². The number of aryl methyl sites for hydroxylation is 1. The third-order valence-electron chi connectivity index (χ3n) is 6.67. The van der Waals surface area contributed by atoms with Crippen LogP contribution in [-0.4, -0.2) is 50.5 Å². The summed E-state index contributed by atoms with van der Waals surface area (Å²) in [5.74, 6) is -1.23. The van der Waals surface area contributed by atoms with Crippen molar-refractivity contribution in [2.45, 2.75) is 38.3 Å². The Morgan fingerprint density at radius 3 is 2.78 bits per heavy atom. The molecule has 10 heteroatoms. The summed E-state index contributed by atoms with van der Waals surface area (Å²) >= 11 is 6.07. The summed E-state index contributed by atoms with van der Waals surface area (Å²) in [6, 6.07) is 13.0. The summed E-state index contributed by atoms with van der Waals surface area (Å²) in [7, 11) is 1.55. The Hall–Kier alpha value is -4.11. The van der Waals surface area contributed by atoms with Gasteiger partial charge in [0, 0.05) is 54.1 Å². The van der Waals surface area contributed by atoms with Crippen molar-refractivity contribution < 1.29 is 19.5 Å². The lowest BCUT2D eigenvalue weighted by atomic mass is 10.0. The SMILES string of the molecule is CN(C(=O)c1cccc(Cl)c1)c1nc2n(c1C(=O)NC(Cc1c[nH]c3ccccc13)C(=O)O)CCCC2. The predicted octanol–water partition coefficient (Wildman–Crippen LogP) is 4.06. The van der Waals surface area contributed by atoms with Gasteiger partial charge in [-0.1, -0.05) is 35.9 Å². The van der Waals surface area contributed by atoms with Crippen molar-refractivity contribution in [1.29, 1.82) is 0 Å². The van der Waals surface area contributed by atoms with Gasteiger partial charge in [-0.15, -0.1) is 0 Å². The number of aromatic nitrogens is 3. The summed E-state index contributed by atoms with van der Waals surface area (Å²) in [6.07, 6.45) is 4.29. The van der Waals surface area contributed by atoms with Gasteiger partial charge in [-0.05, 0) is 42.7 Å². The van der Waals surface area contributed by atoms with Gasteiger partial charge in [0.2, 0.25) is 0 Å². The first kappa shape index (κ1) is 24.6. The molecular weight excluding hydrogens is 494 g/mol. The lowest BCUT2D eigenvalue weighted by molar-refractivity contribution is -0.139. The molecule has 5 rings (SSSR count). The number of H-pyrrole nitrogens is 1. The number of halogens is 1. The number of carbonyl (C=O) groups excluding carboxylic acids is 2. The van der Waals surface area contributed by atoms with Gasteiger partial charge in [0.05, 0.1) is 0 Å². The number of benzene rings is 2. The van der Waals surface area contributed by atoms with E-state index in [-0.39, 0.29) is 23.8 Å². The first-order valence-electron chi connectivity index (χ1n) is 12.0. The number of imidazole rings is 1. The topological polar surface area (TPSA) is 120 Å². The van der Waals surface area contributed by atoms with Crippen LogP contribution in [0.25, 0.3) is 10.9 Å². The average molecular weight is 520 g/mol. The molecule has 0 saturated heterocycles. The van der Waals surface area contributed by atoms with E-state index in [1.807, 2.05) is 24.3 Å². The van der Waals surface area contributed by atoms with Gasteiger partial charge in [-0.3, -0.25) is 14.5 Å². The number of rotatable bonds is 7. The fourth-order valence-electron chi connectivity index (χ4n) is 4.79. The highest BCUT2D eigenvalue weighted by molar-refractivity contribution is 6.31. The van der Waals surface area contributed by atoms with Gasteiger partial charge >= 0.3 is 5.97 Å². The maximum absolute atomic E-state index is 13.6. The number of anilines is 1. The van der Waals surface area contributed by atoms with E-state index in [4.69, 9.17) is 11.6 Å². The molecule has 0 saturated carbocycles. The van der Waals surface area contributed by atoms with E-state index in [0.29, 0.717) is 29.4 Å². The molecule has 2 amide bonds. The second kappa shape index (κ2) is 10.1. The predicted molar refractivity (Wildman–Crippen MR) is 140 cm³/mol. The van der Waals surface area contributed by atoms with Gasteiger partial charge in [0.15, 0.2) is 11.5 Å². The number of fused-ring (bicyclic) bond motifs is 2. The summed E-state index contributed by atoms with van der Waals surface area (Å²) in [4.78, 5) is 48.1. The summed E-state index contributed by atoms with van der Waals surface area (Å²) < 4.78 is 1.79. The van der Waals surface area contributed by atoms with Crippen molar-refractivity contribution >= 4 is 46.1 Å². The van der Waals surface area contributed by atoms with E-state index in [1.54, 1.807) is 42.1 Å². The van der Waals surface area contributed by atoms with E-state index in [1.165, 1.54) is 4.90 Å². The Bertz CT molecular complexity index is 1510. The van der Waals surface area contributed by atoms with Gasteiger partial charge in [-0.2, -0.15) is 0 Å². The third kappa shape index (κ3) is 4.82. The first-order chi connectivity index (χ1) is 17.8. The first-order valence-corrected chi connectivity index (χ1v) is 12.4. The quantitative estimate of drug-likeness (QED) is 0.340. The van der Waals surface area contributed by atoms with Crippen LogP contribution >= 0.6 is 11.6 Å². The summed E-state index contributed by atoms with van der Waals surface area (Å²) in [6.45, 7) is 0.560. The molecular formula is C27H26ClN5O4. The van der Waals surface area contributed by atoms with Crippen LogP contribution in [0.5, 0.6) is 0 Å². The molecule has 2 aromatic heterocycles. The summed E-state index contributed by atoms with van der Waals surface area (Å²) in [5, 5.41) is 13.9. The van der Waals surface area contributed by atoms with Crippen LogP contribution in [0.4, 0.5) is 5.82 Å². The summed E-state index contributed by atoms with van der Waals surface area (Å²) in [5.41, 5.74) is 2.21. The van der Waals surface area contributed by atoms with E-state index < -0.39 is 17.9 Å². The van der Waals surface area contributed by atoms with Crippen LogP contribution in [-0.2, 0) is 24.2 Å². The molecule has 1 aliphatic rings. The van der Waals surface area contributed by atoms with Gasteiger partial charge < -0.3 is 20.0 Å². The van der Waals surface area contributed by atoms with Gasteiger partial charge in [0.25, 0.3) is 11.8 Å². The van der Waals surface area contributed by atoms with Crippen molar-refractivity contribution in [3.63, 3.8) is 0 Å². The Morgan fingerprint density at radius 2 is 2.00 bits per heavy atom. The maximum Gasteiger partial charge on any atom is 0.326 e. The standard InChI is InChI=1S/C27H26ClN5O4/c1-32(26(35)16-7-6-8-18(28)13-16)24-23(33-12-5-4-11-22(33)31-24)25(34)30-21(27(36)37)14-17-15-29-20-10-3-2-9-19(17)20/h2-3,6-10,13,15,21,29H,4-5,11-12,14H2,1H3,(H,30,34)(H,36,37). The fraction of sp³-hybridized carbons (Fsp3) is 0.259. The maximum atomic E-state index is 13.6. The number of aromatic amines is 1. The molecule has 0 bridgehead atoms. The van der Waals surface area contributed by atoms with E-state index in [0.717, 1.165) is 29.3 Å². The third-order valence-corrected chi connectivity index (χ3v) is 6.91. The smallest absolute Gasteiger partial charge is 0.326 e. The molecule has 4 aromatic rings. The van der Waals surface area contributed by atoms with Crippen LogP contribution < -0.4 is 10.2 Å². The molecule has 0 spiro atoms. The number of para-hydroxylation sites is 1. The molecule has 0 aliphatic carbocycles. The minimum atomic E-state index is -1.18. The monoisotopic (exact) mass is 519 g/mol. The minimum absolute atomic E-state index is 0.0959. The Morgan fingerprint density at radius 1 is 1.19 bits per heavy atom. The fourth-order valence-corrected chi connectivity index (χ4v) is 4.98. The molecule has 3 heterocycles. The van der Waals surface area contributed by atoms with Crippen molar-refractivity contribution in [3.8, 4) is 0 Å². The molecule has 0 radical (unpaired) electrons. The number of hydrogen-bond donors (Lipinski definition) is 3. The average Bonchev–Trinajstić information content (AvgIpc) is 3.49. The van der Waals surface area contributed by atoms with Crippen LogP contribution in [0.15, 0.2) is 54.7 Å². The zero-order chi connectivity index (χ0) is 26.1. The zero-order valence-electron chi connectivity index (χ0n) is 20.2. The highest BCUT2D eigenvalue weighted by Crippen LogP contribution is 2.27. The number of carboxylic acid groups (broad SMARTS) is 1. The number of aliphatic carboxylic acids is 1. The molecule has 1 atom stereocenters. The lowest BCUT2D eigenvalue weighted by Crippen LogP contribution is -2.43. The number of carbonyl (C=O) groups is 3. The van der Waals surface area contributed by atoms with Crippen LogP contribution in [0.3, 0.4) is 0 Å². The second-order valence-corrected chi connectivity index (χ2v) is 9.55. The minimum Gasteiger partial charge on any atom is -0.480 e. The number of nitrogens with zero attached hydrogens (tertiary/aromatic N) is 3. The van der Waals surface area contributed by atoms with Crippen LogP contribution in [0.2, 0.25) is 5.02 Å². The van der Waals surface area contributed by atoms with Crippen molar-refractivity contribution in [3.05, 3.63) is 82.4 Å². The van der Waals surface area contributed by atoms with Crippen LogP contribution in [0, 0.1) is 0 Å². The number of amides is 2. The van der Waals surface area contributed by atoms with E-state index >= 15 is 0 Å². The molecule has 1 unspecified atom stereocenters. The molecule has 37 heavy (non-hydrogen) atoms. The number of hydrogen-bond acceptors (Lipinski definition) is 4. The molecule has 3 N–H and O–H groups in total. The molecule has 1 aliphatic heterocycles. The number of nitrogens with one attached hydrogen (secondary N) is 2. The normalized spacial score (nSPS) is 13.7. The Balaban J connectivity index is 1.46. The molecule has 0 fully saturated rings. The van der Waals surface area contributed by atoms with Crippen molar-refractivity contribution in [2.75, 3.05) is 11.9 Å². The highest BCUT2D eigenvalue weighted by atomic mass is 35.5. The zero-order valence-corrected chi connectivity index (χ0v) is 21.0. The Kier molecular flexibility index (Phi) is 6.71. The highest BCUT2D eigenvalue weighted by Gasteiger charge is 2.32. The van der Waals surface area contributed by atoms with Crippen molar-refractivity contribution in [2.24, 2.45) is 0 Å². The van der Waals surface area contributed by atoms with Crippen LogP contribution in [0.1, 0.15) is 45.1 Å². The second-order valence-electron chi connectivity index (χ2n) is 9.11. The molecule has 190 valence electrons. The molecule has 2 aromatic carbocycles. The van der Waals surface area contributed by atoms with E-state index in [2.05, 4.69) is 15.3 Å². The molecule has 9 nitrogen and oxygen atoms in total. The van der Waals surface area contributed by atoms with E-state index in [9.17, 15) is 19.5 Å². The van der Waals surface area contributed by atoms with Crippen molar-refractivity contribution in [1.82, 2.24) is 19.9 Å². The van der Waals surface area contributed by atoms with Gasteiger partial charge in [-0.25, -0.2) is 9.78 Å². The number of carboxylic acids is 1. The largest absolute Gasteiger partial charge is 0.480 e. The van der Waals surface area contributed by atoms with Gasteiger partial charge in [0.1, 0.15) is 11.9 Å². The lowest BCUT2D eigenvalue weighted by Gasteiger charge is -2.20.